The molecule has 0 saturated heterocycles. The third-order valence-corrected chi connectivity index (χ3v) is 4.05. The van der Waals surface area contributed by atoms with Gasteiger partial charge in [0.15, 0.2) is 0 Å². The third-order valence-electron chi connectivity index (χ3n) is 2.43. The molecule has 1 aromatic carbocycles. The van der Waals surface area contributed by atoms with Gasteiger partial charge >= 0.3 is 0 Å². The second-order valence-corrected chi connectivity index (χ2v) is 6.13. The number of halogens is 1. The van der Waals surface area contributed by atoms with E-state index in [0.29, 0.717) is 12.1 Å². The zero-order valence-electron chi connectivity index (χ0n) is 9.74. The lowest BCUT2D eigenvalue weighted by Crippen LogP contribution is -2.00. The van der Waals surface area contributed by atoms with E-state index in [2.05, 4.69) is 27.3 Å². The summed E-state index contributed by atoms with van der Waals surface area (Å²) in [6.45, 7) is 0.693. The van der Waals surface area contributed by atoms with Crippen molar-refractivity contribution in [3.05, 3.63) is 44.6 Å². The largest absolute Gasteiger partial charge is 0.497 e. The van der Waals surface area contributed by atoms with E-state index >= 15 is 0 Å². The fourth-order valence-corrected chi connectivity index (χ4v) is 2.95. The molecule has 18 heavy (non-hydrogen) atoms. The van der Waals surface area contributed by atoms with Gasteiger partial charge in [-0.25, -0.2) is 0 Å². The lowest BCUT2D eigenvalue weighted by atomic mass is 10.2. The molecular weight excluding hydrogens is 312 g/mol. The summed E-state index contributed by atoms with van der Waals surface area (Å²) >= 11 is 5.10. The van der Waals surface area contributed by atoms with Gasteiger partial charge in [0.25, 0.3) is 0 Å². The normalized spacial score (nSPS) is 9.83. The number of hydrogen-bond acceptors (Lipinski definition) is 4. The first kappa shape index (κ1) is 12.9. The van der Waals surface area contributed by atoms with Crippen molar-refractivity contribution in [2.75, 3.05) is 12.4 Å². The smallest absolute Gasteiger partial charge is 0.121 e. The molecule has 0 unspecified atom stereocenters. The number of nitrogens with one attached hydrogen (secondary N) is 1. The maximum absolute atomic E-state index is 9.05. The van der Waals surface area contributed by atoms with Crippen LogP contribution in [0.25, 0.3) is 0 Å². The zero-order chi connectivity index (χ0) is 13.0. The summed E-state index contributed by atoms with van der Waals surface area (Å²) in [6, 6.07) is 11.6. The van der Waals surface area contributed by atoms with Gasteiger partial charge in [0.1, 0.15) is 11.8 Å². The highest BCUT2D eigenvalue weighted by molar-refractivity contribution is 9.11. The summed E-state index contributed by atoms with van der Waals surface area (Å²) in [6.07, 6.45) is 0. The molecule has 0 atom stereocenters. The number of ether oxygens (including phenoxy) is 1. The number of benzene rings is 1. The number of anilines is 1. The Kier molecular flexibility index (Phi) is 4.24. The molecule has 3 nitrogen and oxygen atoms in total. The molecule has 1 N–H and O–H groups in total. The Balaban J connectivity index is 2.15. The van der Waals surface area contributed by atoms with Gasteiger partial charge in [0.2, 0.25) is 0 Å². The van der Waals surface area contributed by atoms with Crippen LogP contribution in [0, 0.1) is 11.3 Å². The van der Waals surface area contributed by atoms with E-state index in [1.54, 1.807) is 30.6 Å². The molecule has 5 heteroatoms. The molecule has 2 rings (SSSR count). The van der Waals surface area contributed by atoms with Crippen molar-refractivity contribution in [2.45, 2.75) is 6.54 Å². The average molecular weight is 323 g/mol. The Labute approximate surface area is 118 Å². The van der Waals surface area contributed by atoms with Gasteiger partial charge in [0, 0.05) is 17.5 Å². The lowest BCUT2D eigenvalue weighted by molar-refractivity contribution is 0.415. The van der Waals surface area contributed by atoms with Crippen molar-refractivity contribution >= 4 is 33.0 Å². The fraction of sp³-hybridized carbons (Fsp3) is 0.154. The van der Waals surface area contributed by atoms with Crippen LogP contribution in [-0.4, -0.2) is 7.11 Å². The molecule has 0 fully saturated rings. The number of nitriles is 1. The topological polar surface area (TPSA) is 45.0 Å². The molecule has 0 aliphatic heterocycles. The summed E-state index contributed by atoms with van der Waals surface area (Å²) in [5.41, 5.74) is 1.41. The van der Waals surface area contributed by atoms with Crippen molar-refractivity contribution < 1.29 is 4.74 Å². The van der Waals surface area contributed by atoms with Gasteiger partial charge in [-0.3, -0.25) is 0 Å². The highest BCUT2D eigenvalue weighted by Crippen LogP contribution is 2.25. The minimum Gasteiger partial charge on any atom is -0.497 e. The number of nitrogens with zero attached hydrogens (tertiary/aromatic N) is 1. The number of rotatable bonds is 4. The van der Waals surface area contributed by atoms with E-state index in [0.717, 1.165) is 15.2 Å². The molecule has 0 spiro atoms. The maximum Gasteiger partial charge on any atom is 0.121 e. The van der Waals surface area contributed by atoms with E-state index in [-0.39, 0.29) is 0 Å². The average Bonchev–Trinajstić information content (AvgIpc) is 2.81. The first-order valence-corrected chi connectivity index (χ1v) is 6.90. The van der Waals surface area contributed by atoms with Crippen LogP contribution in [-0.2, 0) is 6.54 Å². The predicted molar refractivity (Wildman–Crippen MR) is 77.1 cm³/mol. The van der Waals surface area contributed by atoms with Gasteiger partial charge in [-0.1, -0.05) is 0 Å². The monoisotopic (exact) mass is 322 g/mol. The molecule has 0 aliphatic rings. The molecule has 0 aliphatic carbocycles. The Morgan fingerprint density at radius 1 is 1.39 bits per heavy atom. The molecule has 0 bridgehead atoms. The highest BCUT2D eigenvalue weighted by atomic mass is 79.9. The van der Waals surface area contributed by atoms with Gasteiger partial charge in [0.05, 0.1) is 22.1 Å². The Morgan fingerprint density at radius 3 is 2.83 bits per heavy atom. The Bertz CT molecular complexity index is 589. The van der Waals surface area contributed by atoms with Crippen molar-refractivity contribution in [2.24, 2.45) is 0 Å². The summed E-state index contributed by atoms with van der Waals surface area (Å²) < 4.78 is 6.26. The first-order chi connectivity index (χ1) is 8.72. The predicted octanol–water partition coefficient (Wildman–Crippen LogP) is 4.00. The summed E-state index contributed by atoms with van der Waals surface area (Å²) in [5, 5.41) is 12.3. The third kappa shape index (κ3) is 3.03. The lowest BCUT2D eigenvalue weighted by Gasteiger charge is -2.08. The Morgan fingerprint density at radius 2 is 2.22 bits per heavy atom. The van der Waals surface area contributed by atoms with Crippen molar-refractivity contribution in [3.8, 4) is 11.8 Å². The second-order valence-electron chi connectivity index (χ2n) is 3.58. The van der Waals surface area contributed by atoms with Gasteiger partial charge < -0.3 is 10.1 Å². The second kappa shape index (κ2) is 5.89. The highest BCUT2D eigenvalue weighted by Gasteiger charge is 2.04. The molecule has 0 saturated carbocycles. The van der Waals surface area contributed by atoms with Gasteiger partial charge in [-0.15, -0.1) is 11.3 Å². The SMILES string of the molecule is COc1ccc(C#N)c(NCc2ccc(Br)s2)c1. The van der Waals surface area contributed by atoms with Crippen LogP contribution in [0.2, 0.25) is 0 Å². The van der Waals surface area contributed by atoms with Crippen LogP contribution < -0.4 is 10.1 Å². The van der Waals surface area contributed by atoms with Crippen molar-refractivity contribution in [1.29, 1.82) is 5.26 Å². The molecule has 0 radical (unpaired) electrons. The number of methoxy groups -OCH3 is 1. The number of hydrogen-bond donors (Lipinski definition) is 1. The molecule has 0 amide bonds. The summed E-state index contributed by atoms with van der Waals surface area (Å²) in [4.78, 5) is 1.20. The van der Waals surface area contributed by atoms with Gasteiger partial charge in [-0.2, -0.15) is 5.26 Å². The van der Waals surface area contributed by atoms with Crippen LogP contribution in [0.3, 0.4) is 0 Å². The van der Waals surface area contributed by atoms with Crippen molar-refractivity contribution in [1.82, 2.24) is 0 Å². The molecule has 1 heterocycles. The summed E-state index contributed by atoms with van der Waals surface area (Å²) in [5.74, 6) is 0.740. The quantitative estimate of drug-likeness (QED) is 0.925. The first-order valence-electron chi connectivity index (χ1n) is 5.29. The van der Waals surface area contributed by atoms with E-state index in [1.807, 2.05) is 18.2 Å². The van der Waals surface area contributed by atoms with E-state index in [1.165, 1.54) is 4.88 Å². The number of thiophene rings is 1. The molecule has 92 valence electrons. The van der Waals surface area contributed by atoms with Crippen LogP contribution in [0.4, 0.5) is 5.69 Å². The molecule has 1 aromatic heterocycles. The van der Waals surface area contributed by atoms with Crippen LogP contribution in [0.15, 0.2) is 34.1 Å². The minimum atomic E-state index is 0.617. The Hall–Kier alpha value is -1.51. The molecular formula is C13H11BrN2OS. The zero-order valence-corrected chi connectivity index (χ0v) is 12.1. The van der Waals surface area contributed by atoms with Crippen LogP contribution in [0.1, 0.15) is 10.4 Å². The standard InChI is InChI=1S/C13H11BrN2OS/c1-17-10-3-2-9(7-15)12(6-10)16-8-11-4-5-13(14)18-11/h2-6,16H,8H2,1H3. The van der Waals surface area contributed by atoms with Gasteiger partial charge in [-0.05, 0) is 40.2 Å². The fourth-order valence-electron chi connectivity index (χ4n) is 1.52. The molecule has 2 aromatic rings. The van der Waals surface area contributed by atoms with E-state index in [9.17, 15) is 0 Å². The van der Waals surface area contributed by atoms with E-state index in [4.69, 9.17) is 10.00 Å². The van der Waals surface area contributed by atoms with Crippen molar-refractivity contribution in [3.63, 3.8) is 0 Å². The summed E-state index contributed by atoms with van der Waals surface area (Å²) in [7, 11) is 1.61. The van der Waals surface area contributed by atoms with Crippen LogP contribution >= 0.6 is 27.3 Å². The van der Waals surface area contributed by atoms with E-state index < -0.39 is 0 Å². The maximum atomic E-state index is 9.05. The van der Waals surface area contributed by atoms with Crippen LogP contribution in [0.5, 0.6) is 5.75 Å². The minimum absolute atomic E-state index is 0.617.